The van der Waals surface area contributed by atoms with Crippen LogP contribution in [-0.4, -0.2) is 33.8 Å². The van der Waals surface area contributed by atoms with Gasteiger partial charge in [-0.1, -0.05) is 12.7 Å². The average Bonchev–Trinajstić information content (AvgIpc) is 2.71. The van der Waals surface area contributed by atoms with Crippen molar-refractivity contribution in [3.8, 4) is 0 Å². The highest BCUT2D eigenvalue weighted by Crippen LogP contribution is 1.85. The molecule has 1 unspecified atom stereocenters. The van der Waals surface area contributed by atoms with E-state index >= 15 is 0 Å². The molecule has 5 heteroatoms. The van der Waals surface area contributed by atoms with Gasteiger partial charge in [0.15, 0.2) is 0 Å². The monoisotopic (exact) mass is 198 g/mol. The summed E-state index contributed by atoms with van der Waals surface area (Å²) < 4.78 is 4.45. The Morgan fingerprint density at radius 3 is 2.86 bits per heavy atom. The van der Waals surface area contributed by atoms with Crippen LogP contribution in [0.4, 0.5) is 0 Å². The van der Waals surface area contributed by atoms with Crippen molar-refractivity contribution in [3.05, 3.63) is 31.4 Å². The van der Waals surface area contributed by atoms with Gasteiger partial charge in [0, 0.05) is 12.4 Å². The first-order valence-electron chi connectivity index (χ1n) is 4.06. The van der Waals surface area contributed by atoms with Gasteiger partial charge in [-0.2, -0.15) is 0 Å². The Bertz CT molecular complexity index is 227. The fraction of sp³-hybridized carbons (Fsp3) is 0.333. The smallest absolute Gasteiger partial charge is 0.334 e. The maximum atomic E-state index is 10.4. The van der Waals surface area contributed by atoms with E-state index in [2.05, 4.69) is 21.3 Å². The number of carbonyl (C=O) groups is 1. The van der Waals surface area contributed by atoms with Crippen LogP contribution in [-0.2, 0) is 9.53 Å². The number of imidazole rings is 1. The van der Waals surface area contributed by atoms with Gasteiger partial charge in [0.2, 0.25) is 0 Å². The van der Waals surface area contributed by atoms with Crippen LogP contribution in [0.25, 0.3) is 0 Å². The number of rotatable bonds is 3. The second-order valence-corrected chi connectivity index (χ2v) is 2.36. The third-order valence-electron chi connectivity index (χ3n) is 1.09. The van der Waals surface area contributed by atoms with E-state index in [1.165, 1.54) is 13.0 Å². The molecule has 1 rings (SSSR count). The van der Waals surface area contributed by atoms with Crippen molar-refractivity contribution < 1.29 is 14.6 Å². The molecule has 1 heterocycles. The lowest BCUT2D eigenvalue weighted by molar-refractivity contribution is -0.151. The molecule has 14 heavy (non-hydrogen) atoms. The maximum absolute atomic E-state index is 10.4. The lowest BCUT2D eigenvalue weighted by Gasteiger charge is -2.01. The molecular formula is C9H14N2O3. The van der Waals surface area contributed by atoms with Crippen LogP contribution in [0.15, 0.2) is 31.4 Å². The third kappa shape index (κ3) is 7.05. The molecule has 0 amide bonds. The number of aromatic nitrogens is 2. The van der Waals surface area contributed by atoms with Crippen molar-refractivity contribution in [2.75, 3.05) is 6.61 Å². The summed E-state index contributed by atoms with van der Waals surface area (Å²) >= 11 is 0. The Labute approximate surface area is 82.4 Å². The molecule has 1 aromatic heterocycles. The molecule has 0 fully saturated rings. The zero-order valence-electron chi connectivity index (χ0n) is 8.01. The first-order valence-corrected chi connectivity index (χ1v) is 4.06. The molecule has 0 saturated heterocycles. The summed E-state index contributed by atoms with van der Waals surface area (Å²) in [5, 5.41) is 8.54. The van der Waals surface area contributed by atoms with Crippen LogP contribution in [0, 0.1) is 0 Å². The molecule has 0 radical (unpaired) electrons. The van der Waals surface area contributed by atoms with E-state index in [4.69, 9.17) is 5.11 Å². The lowest BCUT2D eigenvalue weighted by atomic mass is 10.4. The van der Waals surface area contributed by atoms with Gasteiger partial charge in [-0.15, -0.1) is 0 Å². The molecule has 0 aliphatic carbocycles. The number of aromatic amines is 1. The number of aliphatic hydroxyl groups is 1. The predicted molar refractivity (Wildman–Crippen MR) is 51.4 cm³/mol. The molecule has 0 bridgehead atoms. The highest BCUT2D eigenvalue weighted by Gasteiger charge is 2.07. The fourth-order valence-electron chi connectivity index (χ4n) is 0.477. The van der Waals surface area contributed by atoms with Crippen molar-refractivity contribution in [3.63, 3.8) is 0 Å². The Kier molecular flexibility index (Phi) is 7.07. The number of hydrogen-bond acceptors (Lipinski definition) is 4. The van der Waals surface area contributed by atoms with Crippen LogP contribution < -0.4 is 0 Å². The number of H-pyrrole nitrogens is 1. The molecule has 2 N–H and O–H groups in total. The van der Waals surface area contributed by atoms with Crippen LogP contribution in [0.1, 0.15) is 6.92 Å². The zero-order chi connectivity index (χ0) is 10.8. The van der Waals surface area contributed by atoms with Gasteiger partial charge in [-0.05, 0) is 6.92 Å². The minimum atomic E-state index is -1.04. The van der Waals surface area contributed by atoms with Gasteiger partial charge in [0.05, 0.1) is 6.33 Å². The minimum Gasteiger partial charge on any atom is -0.460 e. The summed E-state index contributed by atoms with van der Waals surface area (Å²) in [6, 6.07) is 0. The van der Waals surface area contributed by atoms with E-state index in [0.717, 1.165) is 0 Å². The van der Waals surface area contributed by atoms with Crippen molar-refractivity contribution in [2.24, 2.45) is 0 Å². The van der Waals surface area contributed by atoms with Gasteiger partial charge in [0.25, 0.3) is 0 Å². The van der Waals surface area contributed by atoms with Crippen LogP contribution in [0.2, 0.25) is 0 Å². The van der Waals surface area contributed by atoms with Gasteiger partial charge in [0.1, 0.15) is 12.7 Å². The largest absolute Gasteiger partial charge is 0.460 e. The third-order valence-corrected chi connectivity index (χ3v) is 1.09. The highest BCUT2D eigenvalue weighted by atomic mass is 16.5. The number of nitrogens with zero attached hydrogens (tertiary/aromatic N) is 1. The zero-order valence-corrected chi connectivity index (χ0v) is 8.01. The SMILES string of the molecule is C=CCOC(=O)C(C)O.c1c[nH]cn1. The molecule has 0 spiro atoms. The topological polar surface area (TPSA) is 75.2 Å². The Hall–Kier alpha value is -1.62. The number of esters is 1. The summed E-state index contributed by atoms with van der Waals surface area (Å²) in [5.74, 6) is -0.616. The van der Waals surface area contributed by atoms with Gasteiger partial charge >= 0.3 is 5.97 Å². The molecule has 5 nitrogen and oxygen atoms in total. The first-order chi connectivity index (χ1) is 6.68. The average molecular weight is 198 g/mol. The molecule has 78 valence electrons. The number of nitrogens with one attached hydrogen (secondary N) is 1. The Balaban J connectivity index is 0.000000280. The number of carbonyl (C=O) groups excluding carboxylic acids is 1. The number of ether oxygens (including phenoxy) is 1. The van der Waals surface area contributed by atoms with E-state index in [1.807, 2.05) is 0 Å². The van der Waals surface area contributed by atoms with Crippen molar-refractivity contribution >= 4 is 5.97 Å². The van der Waals surface area contributed by atoms with Crippen LogP contribution in [0.5, 0.6) is 0 Å². The molecule has 1 aromatic rings. The Morgan fingerprint density at radius 1 is 1.86 bits per heavy atom. The fourth-order valence-corrected chi connectivity index (χ4v) is 0.477. The second kappa shape index (κ2) is 8.00. The molecule has 0 aromatic carbocycles. The molecule has 1 atom stereocenters. The molecule has 0 saturated carbocycles. The molecular weight excluding hydrogens is 184 g/mol. The number of hydrogen-bond donors (Lipinski definition) is 2. The van der Waals surface area contributed by atoms with E-state index in [-0.39, 0.29) is 6.61 Å². The second-order valence-electron chi connectivity index (χ2n) is 2.36. The molecule has 0 aliphatic rings. The van der Waals surface area contributed by atoms with Crippen molar-refractivity contribution in [2.45, 2.75) is 13.0 Å². The summed E-state index contributed by atoms with van der Waals surface area (Å²) in [6.07, 6.45) is 5.49. The minimum absolute atomic E-state index is 0.156. The van der Waals surface area contributed by atoms with E-state index in [1.54, 1.807) is 18.7 Å². The summed E-state index contributed by atoms with van der Waals surface area (Å²) in [7, 11) is 0. The number of aliphatic hydroxyl groups excluding tert-OH is 1. The highest BCUT2D eigenvalue weighted by molar-refractivity contribution is 5.73. The summed E-state index contributed by atoms with van der Waals surface area (Å²) in [4.78, 5) is 16.8. The van der Waals surface area contributed by atoms with Crippen LogP contribution in [0.3, 0.4) is 0 Å². The van der Waals surface area contributed by atoms with Crippen molar-refractivity contribution in [1.82, 2.24) is 9.97 Å². The summed E-state index contributed by atoms with van der Waals surface area (Å²) in [6.45, 7) is 4.84. The van der Waals surface area contributed by atoms with E-state index in [0.29, 0.717) is 0 Å². The predicted octanol–water partition coefficient (Wildman–Crippen LogP) is 0.506. The maximum Gasteiger partial charge on any atom is 0.334 e. The standard InChI is InChI=1S/C6H10O3.C3H4N2/c1-3-4-9-6(8)5(2)7;1-2-5-3-4-1/h3,5,7H,1,4H2,2H3;1-3H,(H,4,5). The van der Waals surface area contributed by atoms with Gasteiger partial charge in [-0.3, -0.25) is 0 Å². The first kappa shape index (κ1) is 12.4. The lowest BCUT2D eigenvalue weighted by Crippen LogP contribution is -2.19. The quantitative estimate of drug-likeness (QED) is 0.548. The Morgan fingerprint density at radius 2 is 2.57 bits per heavy atom. The van der Waals surface area contributed by atoms with Crippen molar-refractivity contribution in [1.29, 1.82) is 0 Å². The summed E-state index contributed by atoms with van der Waals surface area (Å²) in [5.41, 5.74) is 0. The van der Waals surface area contributed by atoms with Gasteiger partial charge < -0.3 is 14.8 Å². The normalized spacial score (nSPS) is 10.7. The van der Waals surface area contributed by atoms with Crippen LogP contribution >= 0.6 is 0 Å². The van der Waals surface area contributed by atoms with Gasteiger partial charge in [-0.25, -0.2) is 9.78 Å². The molecule has 0 aliphatic heterocycles. The van der Waals surface area contributed by atoms with E-state index < -0.39 is 12.1 Å². The van der Waals surface area contributed by atoms with E-state index in [9.17, 15) is 4.79 Å².